The Kier molecular flexibility index (Phi) is 6.48. The van der Waals surface area contributed by atoms with Crippen LogP contribution < -0.4 is 0 Å². The standard InChI is InChI=1S/C26H42O4/c1-17(6-5-13-27)21-9-10-22-20-8-7-18-14-19(28)11-12-25(18,2)23(20)15-24(26(21,22)3)30-16-29-4/h13,17-18,20-24H,5-12,14-16H2,1-4H3/t17-,18+,20?,21-,22?,23?,24+,25+,26-/m1/s1. The van der Waals surface area contributed by atoms with E-state index >= 15 is 0 Å². The van der Waals surface area contributed by atoms with Crippen LogP contribution in [0.4, 0.5) is 0 Å². The maximum Gasteiger partial charge on any atom is 0.146 e. The Labute approximate surface area is 182 Å². The molecular formula is C26H42O4. The Morgan fingerprint density at radius 3 is 2.70 bits per heavy atom. The molecule has 0 aliphatic heterocycles. The molecule has 4 nitrogen and oxygen atoms in total. The Bertz CT molecular complexity index is 647. The maximum absolute atomic E-state index is 12.2. The van der Waals surface area contributed by atoms with Crippen molar-refractivity contribution in [2.45, 2.75) is 91.1 Å². The SMILES string of the molecule is COCO[C@H]1CC2C(CC[C@H]3CC(=O)CC[C@]23C)C2CC[C@H]([C@H](C)CCC=O)[C@]21C. The molecule has 30 heavy (non-hydrogen) atoms. The van der Waals surface area contributed by atoms with Gasteiger partial charge in [0.15, 0.2) is 0 Å². The van der Waals surface area contributed by atoms with Gasteiger partial charge in [0.25, 0.3) is 0 Å². The Balaban J connectivity index is 1.64. The van der Waals surface area contributed by atoms with Crippen LogP contribution in [0.3, 0.4) is 0 Å². The quantitative estimate of drug-likeness (QED) is 0.409. The first-order valence-electron chi connectivity index (χ1n) is 12.4. The van der Waals surface area contributed by atoms with Crippen molar-refractivity contribution >= 4 is 12.1 Å². The van der Waals surface area contributed by atoms with E-state index in [1.54, 1.807) is 7.11 Å². The lowest BCUT2D eigenvalue weighted by Crippen LogP contribution is -2.59. The zero-order chi connectivity index (χ0) is 21.5. The van der Waals surface area contributed by atoms with Crippen LogP contribution >= 0.6 is 0 Å². The molecule has 4 aliphatic rings. The Morgan fingerprint density at radius 2 is 1.97 bits per heavy atom. The van der Waals surface area contributed by atoms with E-state index in [0.717, 1.165) is 44.3 Å². The Hall–Kier alpha value is -0.740. The lowest BCUT2D eigenvalue weighted by atomic mass is 9.43. The van der Waals surface area contributed by atoms with Crippen molar-refractivity contribution < 1.29 is 19.1 Å². The van der Waals surface area contributed by atoms with E-state index in [9.17, 15) is 9.59 Å². The smallest absolute Gasteiger partial charge is 0.146 e. The number of carbonyl (C=O) groups is 2. The van der Waals surface area contributed by atoms with Gasteiger partial charge in [-0.25, -0.2) is 0 Å². The largest absolute Gasteiger partial charge is 0.359 e. The second kappa shape index (κ2) is 8.65. The lowest BCUT2D eigenvalue weighted by molar-refractivity contribution is -0.208. The molecule has 4 aliphatic carbocycles. The molecule has 4 heteroatoms. The minimum atomic E-state index is 0.162. The minimum absolute atomic E-state index is 0.162. The fourth-order valence-corrected chi connectivity index (χ4v) is 8.87. The topological polar surface area (TPSA) is 52.6 Å². The van der Waals surface area contributed by atoms with Crippen LogP contribution in [0.25, 0.3) is 0 Å². The number of rotatable bonds is 7. The van der Waals surface area contributed by atoms with Crippen LogP contribution in [0, 0.1) is 46.3 Å². The third-order valence-electron chi connectivity index (χ3n) is 10.4. The van der Waals surface area contributed by atoms with E-state index in [0.29, 0.717) is 48.6 Å². The van der Waals surface area contributed by atoms with Crippen molar-refractivity contribution in [3.05, 3.63) is 0 Å². The summed E-state index contributed by atoms with van der Waals surface area (Å²) in [5, 5.41) is 0. The highest BCUT2D eigenvalue weighted by atomic mass is 16.7. The van der Waals surface area contributed by atoms with Gasteiger partial charge >= 0.3 is 0 Å². The first-order chi connectivity index (χ1) is 14.4. The third kappa shape index (κ3) is 3.50. The van der Waals surface area contributed by atoms with E-state index < -0.39 is 0 Å². The average molecular weight is 419 g/mol. The van der Waals surface area contributed by atoms with Gasteiger partial charge in [-0.3, -0.25) is 4.79 Å². The molecule has 3 unspecified atom stereocenters. The number of Topliss-reactive ketones (excluding diaryl/α,β-unsaturated/α-hetero) is 1. The summed E-state index contributed by atoms with van der Waals surface area (Å²) in [4.78, 5) is 23.2. The van der Waals surface area contributed by atoms with E-state index in [1.807, 2.05) is 0 Å². The van der Waals surface area contributed by atoms with Crippen molar-refractivity contribution in [1.82, 2.24) is 0 Å². The summed E-state index contributed by atoms with van der Waals surface area (Å²) in [6.45, 7) is 7.71. The van der Waals surface area contributed by atoms with Crippen molar-refractivity contribution in [3.63, 3.8) is 0 Å². The summed E-state index contributed by atoms with van der Waals surface area (Å²) in [6, 6.07) is 0. The van der Waals surface area contributed by atoms with Gasteiger partial charge in [-0.15, -0.1) is 0 Å². The molecular weight excluding hydrogens is 376 g/mol. The van der Waals surface area contributed by atoms with Gasteiger partial charge in [0.1, 0.15) is 18.9 Å². The van der Waals surface area contributed by atoms with Gasteiger partial charge < -0.3 is 14.3 Å². The summed E-state index contributed by atoms with van der Waals surface area (Å²) in [6.07, 6.45) is 11.8. The van der Waals surface area contributed by atoms with Crippen LogP contribution in [0.2, 0.25) is 0 Å². The monoisotopic (exact) mass is 418 g/mol. The normalized spacial score (nSPS) is 46.6. The van der Waals surface area contributed by atoms with Crippen LogP contribution in [0.1, 0.15) is 85.0 Å². The zero-order valence-electron chi connectivity index (χ0n) is 19.5. The van der Waals surface area contributed by atoms with Crippen molar-refractivity contribution in [2.75, 3.05) is 13.9 Å². The molecule has 4 saturated carbocycles. The molecule has 9 atom stereocenters. The number of methoxy groups -OCH3 is 1. The molecule has 0 aromatic rings. The molecule has 0 spiro atoms. The van der Waals surface area contributed by atoms with E-state index in [-0.39, 0.29) is 16.9 Å². The van der Waals surface area contributed by atoms with Crippen molar-refractivity contribution in [3.8, 4) is 0 Å². The molecule has 0 N–H and O–H groups in total. The summed E-state index contributed by atoms with van der Waals surface area (Å²) in [5.74, 6) is 4.32. The van der Waals surface area contributed by atoms with Gasteiger partial charge in [-0.2, -0.15) is 0 Å². The van der Waals surface area contributed by atoms with E-state index in [4.69, 9.17) is 9.47 Å². The third-order valence-corrected chi connectivity index (χ3v) is 10.4. The summed E-state index contributed by atoms with van der Waals surface area (Å²) in [5.41, 5.74) is 0.448. The molecule has 4 rings (SSSR count). The van der Waals surface area contributed by atoms with E-state index in [2.05, 4.69) is 20.8 Å². The van der Waals surface area contributed by atoms with Gasteiger partial charge in [0, 0.05) is 31.8 Å². The molecule has 0 saturated heterocycles. The molecule has 0 aromatic carbocycles. The van der Waals surface area contributed by atoms with Crippen LogP contribution in [0.15, 0.2) is 0 Å². The number of carbonyl (C=O) groups excluding carboxylic acids is 2. The fraction of sp³-hybridized carbons (Fsp3) is 0.923. The number of aldehydes is 1. The summed E-state index contributed by atoms with van der Waals surface area (Å²) >= 11 is 0. The highest BCUT2D eigenvalue weighted by Gasteiger charge is 2.64. The first-order valence-corrected chi connectivity index (χ1v) is 12.4. The fourth-order valence-electron chi connectivity index (χ4n) is 8.87. The highest BCUT2D eigenvalue weighted by molar-refractivity contribution is 5.79. The zero-order valence-corrected chi connectivity index (χ0v) is 19.5. The van der Waals surface area contributed by atoms with E-state index in [1.165, 1.54) is 25.7 Å². The molecule has 0 aromatic heterocycles. The van der Waals surface area contributed by atoms with Crippen LogP contribution in [0.5, 0.6) is 0 Å². The first kappa shape index (κ1) is 22.5. The summed E-state index contributed by atoms with van der Waals surface area (Å²) in [7, 11) is 1.72. The average Bonchev–Trinajstić information content (AvgIpc) is 3.09. The molecule has 4 fully saturated rings. The lowest BCUT2D eigenvalue weighted by Gasteiger charge is -2.62. The van der Waals surface area contributed by atoms with Crippen LogP contribution in [-0.4, -0.2) is 32.1 Å². The summed E-state index contributed by atoms with van der Waals surface area (Å²) < 4.78 is 11.8. The molecule has 0 bridgehead atoms. The van der Waals surface area contributed by atoms with Crippen LogP contribution in [-0.2, 0) is 19.1 Å². The van der Waals surface area contributed by atoms with Crippen molar-refractivity contribution in [2.24, 2.45) is 46.3 Å². The predicted octanol–water partition coefficient (Wildman–Crippen LogP) is 5.43. The maximum atomic E-state index is 12.2. The minimum Gasteiger partial charge on any atom is -0.359 e. The number of fused-ring (bicyclic) bond motifs is 5. The molecule has 0 radical (unpaired) electrons. The second-order valence-corrected chi connectivity index (χ2v) is 11.5. The number of hydrogen-bond donors (Lipinski definition) is 0. The molecule has 0 amide bonds. The number of hydrogen-bond acceptors (Lipinski definition) is 4. The highest BCUT2D eigenvalue weighted by Crippen LogP contribution is 2.68. The molecule has 170 valence electrons. The van der Waals surface area contributed by atoms with Gasteiger partial charge in [0.2, 0.25) is 0 Å². The molecule has 0 heterocycles. The predicted molar refractivity (Wildman–Crippen MR) is 117 cm³/mol. The van der Waals surface area contributed by atoms with Gasteiger partial charge in [0.05, 0.1) is 6.10 Å². The number of ketones is 1. The second-order valence-electron chi connectivity index (χ2n) is 11.5. The number of ether oxygens (including phenoxy) is 2. The Morgan fingerprint density at radius 1 is 1.17 bits per heavy atom. The van der Waals surface area contributed by atoms with Gasteiger partial charge in [-0.05, 0) is 85.9 Å². The van der Waals surface area contributed by atoms with Gasteiger partial charge in [-0.1, -0.05) is 20.8 Å². The van der Waals surface area contributed by atoms with Crippen molar-refractivity contribution in [1.29, 1.82) is 0 Å².